The Kier molecular flexibility index (Phi) is 6.00. The van der Waals surface area contributed by atoms with Crippen molar-refractivity contribution in [3.8, 4) is 17.0 Å². The second-order valence-electron chi connectivity index (χ2n) is 4.51. The van der Waals surface area contributed by atoms with Crippen LogP contribution in [0.3, 0.4) is 0 Å². The van der Waals surface area contributed by atoms with Gasteiger partial charge in [0.15, 0.2) is 5.13 Å². The highest BCUT2D eigenvalue weighted by Gasteiger charge is 2.13. The fraction of sp³-hybridized carbons (Fsp3) is 0.333. The summed E-state index contributed by atoms with van der Waals surface area (Å²) in [4.78, 5) is 16.9. The molecule has 0 radical (unpaired) electrons. The smallest absolute Gasteiger partial charge is 0.387 e. The lowest BCUT2D eigenvalue weighted by atomic mass is 10.1. The number of nitrogens with one attached hydrogen (secondary N) is 1. The summed E-state index contributed by atoms with van der Waals surface area (Å²) in [5, 5.41) is 3.13. The topological polar surface area (TPSA) is 60.5 Å². The Labute approximate surface area is 136 Å². The Morgan fingerprint density at radius 3 is 2.65 bits per heavy atom. The number of nitrogens with zero attached hydrogens (tertiary/aromatic N) is 1. The molecule has 0 aliphatic carbocycles. The Hall–Kier alpha value is -2.06. The number of ether oxygens (including phenoxy) is 2. The first-order valence-electron chi connectivity index (χ1n) is 6.90. The zero-order valence-corrected chi connectivity index (χ0v) is 13.5. The molecule has 1 aromatic heterocycles. The van der Waals surface area contributed by atoms with Gasteiger partial charge >= 0.3 is 6.61 Å². The average molecular weight is 342 g/mol. The molecule has 8 heteroatoms. The molecule has 0 saturated carbocycles. The maximum absolute atomic E-state index is 12.1. The van der Waals surface area contributed by atoms with E-state index in [0.717, 1.165) is 10.4 Å². The second-order valence-corrected chi connectivity index (χ2v) is 5.72. The van der Waals surface area contributed by atoms with Crippen LogP contribution in [0, 0.1) is 6.92 Å². The third kappa shape index (κ3) is 4.97. The minimum Gasteiger partial charge on any atom is -0.435 e. The molecule has 0 fully saturated rings. The van der Waals surface area contributed by atoms with Crippen LogP contribution >= 0.6 is 11.3 Å². The van der Waals surface area contributed by atoms with E-state index in [9.17, 15) is 13.6 Å². The van der Waals surface area contributed by atoms with Crippen molar-refractivity contribution in [1.29, 1.82) is 0 Å². The normalized spacial score (nSPS) is 10.8. The van der Waals surface area contributed by atoms with Crippen LogP contribution in [0.1, 0.15) is 11.8 Å². The molecule has 1 N–H and O–H groups in total. The fourth-order valence-electron chi connectivity index (χ4n) is 1.86. The number of rotatable bonds is 7. The summed E-state index contributed by atoms with van der Waals surface area (Å²) >= 11 is 1.34. The molecule has 0 aliphatic rings. The van der Waals surface area contributed by atoms with Gasteiger partial charge in [0.1, 0.15) is 12.4 Å². The van der Waals surface area contributed by atoms with Crippen LogP contribution in [0.4, 0.5) is 13.9 Å². The van der Waals surface area contributed by atoms with Gasteiger partial charge in [0.2, 0.25) is 0 Å². The van der Waals surface area contributed by atoms with Crippen molar-refractivity contribution in [2.75, 3.05) is 18.5 Å². The van der Waals surface area contributed by atoms with Gasteiger partial charge in [0, 0.05) is 17.0 Å². The van der Waals surface area contributed by atoms with E-state index in [0.29, 0.717) is 17.4 Å². The standard InChI is InChI=1S/C15H16F2N2O3S/c1-3-21-8-12(20)18-15-19-13(9(2)23-15)10-4-6-11(7-5-10)22-14(16)17/h4-7,14H,3,8H2,1-2H3,(H,18,19,20). The van der Waals surface area contributed by atoms with Gasteiger partial charge in [0.05, 0.1) is 5.69 Å². The third-order valence-electron chi connectivity index (χ3n) is 2.83. The number of carbonyl (C=O) groups excluding carboxylic acids is 1. The lowest BCUT2D eigenvalue weighted by Crippen LogP contribution is -2.17. The van der Waals surface area contributed by atoms with Gasteiger partial charge in [-0.2, -0.15) is 8.78 Å². The van der Waals surface area contributed by atoms with E-state index in [1.54, 1.807) is 19.1 Å². The van der Waals surface area contributed by atoms with Crippen LogP contribution in [0.2, 0.25) is 0 Å². The molecule has 1 aromatic carbocycles. The highest BCUT2D eigenvalue weighted by atomic mass is 32.1. The zero-order valence-electron chi connectivity index (χ0n) is 12.6. The molecule has 0 atom stereocenters. The molecule has 124 valence electrons. The predicted molar refractivity (Wildman–Crippen MR) is 84.0 cm³/mol. The Morgan fingerprint density at radius 2 is 2.04 bits per heavy atom. The van der Waals surface area contributed by atoms with Crippen LogP contribution in [-0.2, 0) is 9.53 Å². The van der Waals surface area contributed by atoms with Crippen LogP contribution < -0.4 is 10.1 Å². The average Bonchev–Trinajstić information content (AvgIpc) is 2.86. The highest BCUT2D eigenvalue weighted by Crippen LogP contribution is 2.31. The molecular weight excluding hydrogens is 326 g/mol. The number of thiazole rings is 1. The summed E-state index contributed by atoms with van der Waals surface area (Å²) in [6.07, 6.45) is 0. The Bertz CT molecular complexity index is 659. The monoisotopic (exact) mass is 342 g/mol. The molecule has 5 nitrogen and oxygen atoms in total. The molecule has 0 spiro atoms. The minimum absolute atomic E-state index is 0.0237. The van der Waals surface area contributed by atoms with E-state index in [4.69, 9.17) is 4.74 Å². The minimum atomic E-state index is -2.85. The highest BCUT2D eigenvalue weighted by molar-refractivity contribution is 7.16. The third-order valence-corrected chi connectivity index (χ3v) is 3.72. The van der Waals surface area contributed by atoms with Gasteiger partial charge < -0.3 is 9.47 Å². The molecule has 0 bridgehead atoms. The largest absolute Gasteiger partial charge is 0.435 e. The van der Waals surface area contributed by atoms with Crippen LogP contribution in [0.25, 0.3) is 11.3 Å². The SMILES string of the molecule is CCOCC(=O)Nc1nc(-c2ccc(OC(F)F)cc2)c(C)s1. The number of aryl methyl sites for hydroxylation is 1. The summed E-state index contributed by atoms with van der Waals surface area (Å²) in [7, 11) is 0. The summed E-state index contributed by atoms with van der Waals surface area (Å²) in [6, 6.07) is 6.19. The molecule has 2 aromatic rings. The number of benzene rings is 1. The Balaban J connectivity index is 2.09. The number of aromatic nitrogens is 1. The van der Waals surface area contributed by atoms with E-state index < -0.39 is 6.61 Å². The van der Waals surface area contributed by atoms with E-state index in [-0.39, 0.29) is 18.3 Å². The number of amides is 1. The summed E-state index contributed by atoms with van der Waals surface area (Å²) in [6.45, 7) is 1.26. The van der Waals surface area contributed by atoms with Gasteiger partial charge in [-0.15, -0.1) is 11.3 Å². The molecular formula is C15H16F2N2O3S. The molecule has 1 heterocycles. The van der Waals surface area contributed by atoms with Crippen molar-refractivity contribution >= 4 is 22.4 Å². The second kappa shape index (κ2) is 7.98. The fourth-order valence-corrected chi connectivity index (χ4v) is 2.71. The van der Waals surface area contributed by atoms with Gasteiger partial charge in [-0.05, 0) is 38.1 Å². The van der Waals surface area contributed by atoms with Crippen molar-refractivity contribution in [2.45, 2.75) is 20.5 Å². The van der Waals surface area contributed by atoms with Gasteiger partial charge in [0.25, 0.3) is 5.91 Å². The van der Waals surface area contributed by atoms with E-state index >= 15 is 0 Å². The van der Waals surface area contributed by atoms with Crippen molar-refractivity contribution in [1.82, 2.24) is 4.98 Å². The number of carbonyl (C=O) groups is 1. The van der Waals surface area contributed by atoms with Crippen LogP contribution in [0.15, 0.2) is 24.3 Å². The van der Waals surface area contributed by atoms with Crippen molar-refractivity contribution in [3.05, 3.63) is 29.1 Å². The van der Waals surface area contributed by atoms with E-state index in [1.807, 2.05) is 6.92 Å². The molecule has 1 amide bonds. The molecule has 0 aliphatic heterocycles. The first-order valence-corrected chi connectivity index (χ1v) is 7.71. The molecule has 2 rings (SSSR count). The maximum Gasteiger partial charge on any atom is 0.387 e. The number of halogens is 2. The summed E-state index contributed by atoms with van der Waals surface area (Å²) in [5.74, 6) is -0.185. The van der Waals surface area contributed by atoms with Gasteiger partial charge in [-0.1, -0.05) is 0 Å². The molecule has 0 unspecified atom stereocenters. The predicted octanol–water partition coefficient (Wildman–Crippen LogP) is 3.69. The van der Waals surface area contributed by atoms with Gasteiger partial charge in [-0.25, -0.2) is 4.98 Å². The molecule has 23 heavy (non-hydrogen) atoms. The number of alkyl halides is 2. The van der Waals surface area contributed by atoms with Crippen LogP contribution in [0.5, 0.6) is 5.75 Å². The summed E-state index contributed by atoms with van der Waals surface area (Å²) < 4.78 is 33.6. The Morgan fingerprint density at radius 1 is 1.35 bits per heavy atom. The number of hydrogen-bond donors (Lipinski definition) is 1. The lowest BCUT2D eigenvalue weighted by Gasteiger charge is -2.05. The first kappa shape index (κ1) is 17.3. The maximum atomic E-state index is 12.1. The van der Waals surface area contributed by atoms with Crippen molar-refractivity contribution < 1.29 is 23.0 Å². The number of anilines is 1. The van der Waals surface area contributed by atoms with Gasteiger partial charge in [-0.3, -0.25) is 10.1 Å². The first-order chi connectivity index (χ1) is 11.0. The zero-order chi connectivity index (χ0) is 16.8. The summed E-state index contributed by atoms with van der Waals surface area (Å²) in [5.41, 5.74) is 1.44. The van der Waals surface area contributed by atoms with E-state index in [1.165, 1.54) is 23.5 Å². The van der Waals surface area contributed by atoms with Crippen molar-refractivity contribution in [2.24, 2.45) is 0 Å². The number of hydrogen-bond acceptors (Lipinski definition) is 5. The molecule has 0 saturated heterocycles. The van der Waals surface area contributed by atoms with Crippen molar-refractivity contribution in [3.63, 3.8) is 0 Å². The quantitative estimate of drug-likeness (QED) is 0.833. The van der Waals surface area contributed by atoms with E-state index in [2.05, 4.69) is 15.0 Å². The van der Waals surface area contributed by atoms with Crippen LogP contribution in [-0.4, -0.2) is 30.7 Å². The lowest BCUT2D eigenvalue weighted by molar-refractivity contribution is -0.120.